The highest BCUT2D eigenvalue weighted by atomic mass is 19.4. The van der Waals surface area contributed by atoms with E-state index in [1.807, 2.05) is 6.92 Å². The van der Waals surface area contributed by atoms with Crippen molar-refractivity contribution in [1.82, 2.24) is 5.32 Å². The molecular formula is C14H18F3NO2. The van der Waals surface area contributed by atoms with Gasteiger partial charge in [0.2, 0.25) is 0 Å². The highest BCUT2D eigenvalue weighted by molar-refractivity contribution is 5.80. The molecule has 2 N–H and O–H groups in total. The summed E-state index contributed by atoms with van der Waals surface area (Å²) in [4.78, 5) is 11.3. The van der Waals surface area contributed by atoms with Crippen molar-refractivity contribution in [3.8, 4) is 0 Å². The Hall–Kier alpha value is -1.56. The molecule has 0 saturated carbocycles. The Morgan fingerprint density at radius 1 is 1.25 bits per heavy atom. The predicted octanol–water partition coefficient (Wildman–Crippen LogP) is 3.09. The summed E-state index contributed by atoms with van der Waals surface area (Å²) in [5, 5.41) is 11.3. The largest absolute Gasteiger partial charge is 0.480 e. The van der Waals surface area contributed by atoms with Crippen LogP contribution in [0.3, 0.4) is 0 Å². The lowest BCUT2D eigenvalue weighted by Gasteiger charge is -2.27. The van der Waals surface area contributed by atoms with Gasteiger partial charge in [0.1, 0.15) is 5.54 Å². The summed E-state index contributed by atoms with van der Waals surface area (Å²) >= 11 is 0. The van der Waals surface area contributed by atoms with Crippen LogP contribution in [0.25, 0.3) is 0 Å². The van der Waals surface area contributed by atoms with Crippen LogP contribution in [0, 0.1) is 0 Å². The first-order valence-electron chi connectivity index (χ1n) is 6.33. The van der Waals surface area contributed by atoms with Crippen LogP contribution in [0.1, 0.15) is 31.4 Å². The van der Waals surface area contributed by atoms with E-state index in [9.17, 15) is 23.1 Å². The van der Waals surface area contributed by atoms with E-state index in [0.717, 1.165) is 18.4 Å². The lowest BCUT2D eigenvalue weighted by atomic mass is 9.91. The number of alkyl halides is 3. The number of benzene rings is 1. The molecule has 0 aliphatic rings. The number of rotatable bonds is 6. The lowest BCUT2D eigenvalue weighted by Crippen LogP contribution is -2.50. The fraction of sp³-hybridized carbons (Fsp3) is 0.500. The number of hydrogen-bond acceptors (Lipinski definition) is 2. The molecule has 0 radical (unpaired) electrons. The molecule has 1 rings (SSSR count). The molecule has 0 saturated heterocycles. The van der Waals surface area contributed by atoms with Crippen molar-refractivity contribution in [3.63, 3.8) is 0 Å². The second-order valence-electron chi connectivity index (χ2n) is 4.85. The fourth-order valence-corrected chi connectivity index (χ4v) is 1.87. The van der Waals surface area contributed by atoms with E-state index in [4.69, 9.17) is 0 Å². The van der Waals surface area contributed by atoms with Crippen LogP contribution in [0.5, 0.6) is 0 Å². The number of halogens is 3. The minimum absolute atomic E-state index is 0.300. The van der Waals surface area contributed by atoms with Gasteiger partial charge in [0.25, 0.3) is 0 Å². The summed E-state index contributed by atoms with van der Waals surface area (Å²) in [5.74, 6) is -1.34. The minimum Gasteiger partial charge on any atom is -0.480 e. The molecule has 112 valence electrons. The van der Waals surface area contributed by atoms with Crippen LogP contribution < -0.4 is 5.32 Å². The van der Waals surface area contributed by atoms with Crippen LogP contribution >= 0.6 is 0 Å². The van der Waals surface area contributed by atoms with Crippen LogP contribution in [0.4, 0.5) is 13.2 Å². The van der Waals surface area contributed by atoms with E-state index in [2.05, 4.69) is 5.32 Å². The molecule has 1 aromatic carbocycles. The van der Waals surface area contributed by atoms with Crippen LogP contribution in [-0.2, 0) is 16.8 Å². The number of nitrogens with one attached hydrogen (secondary N) is 1. The van der Waals surface area contributed by atoms with Crippen molar-refractivity contribution in [1.29, 1.82) is 0 Å². The third-order valence-corrected chi connectivity index (χ3v) is 3.14. The second kappa shape index (κ2) is 6.26. The number of carboxylic acids is 1. The molecule has 1 atom stereocenters. The molecule has 0 fully saturated rings. The highest BCUT2D eigenvalue weighted by Gasteiger charge is 2.39. The first-order valence-corrected chi connectivity index (χ1v) is 6.33. The van der Waals surface area contributed by atoms with Gasteiger partial charge in [-0.15, -0.1) is 0 Å². The number of hydrogen-bond donors (Lipinski definition) is 2. The van der Waals surface area contributed by atoms with Gasteiger partial charge in [0, 0.05) is 0 Å². The van der Waals surface area contributed by atoms with Gasteiger partial charge in [-0.1, -0.05) is 37.6 Å². The monoisotopic (exact) mass is 289 g/mol. The van der Waals surface area contributed by atoms with Crippen LogP contribution in [0.2, 0.25) is 0 Å². The van der Waals surface area contributed by atoms with Crippen molar-refractivity contribution in [2.45, 2.75) is 38.4 Å². The topological polar surface area (TPSA) is 49.3 Å². The third kappa shape index (κ3) is 4.23. The molecule has 0 aromatic heterocycles. The van der Waals surface area contributed by atoms with Gasteiger partial charge in [-0.2, -0.15) is 13.2 Å². The Bertz CT molecular complexity index is 456. The van der Waals surface area contributed by atoms with E-state index in [0.29, 0.717) is 5.56 Å². The van der Waals surface area contributed by atoms with Gasteiger partial charge < -0.3 is 5.11 Å². The maximum absolute atomic E-state index is 12.3. The zero-order valence-electron chi connectivity index (χ0n) is 11.4. The maximum atomic E-state index is 12.3. The first kappa shape index (κ1) is 16.5. The summed E-state index contributed by atoms with van der Waals surface area (Å²) in [6.07, 6.45) is -2.67. The number of carboxylic acid groups (broad SMARTS) is 1. The number of aryl methyl sites for hydroxylation is 1. The molecule has 0 spiro atoms. The minimum atomic E-state index is -4.46. The van der Waals surface area contributed by atoms with Crippen molar-refractivity contribution < 1.29 is 23.1 Å². The number of carbonyl (C=O) groups is 1. The standard InChI is InChI=1S/C14H18F3NO2/c1-3-4-10-5-7-11(8-6-10)13(2,12(19)20)18-9-14(15,16)17/h5-8,18H,3-4,9H2,1-2H3,(H,19,20). The first-order chi connectivity index (χ1) is 9.19. The van der Waals surface area contributed by atoms with Gasteiger partial charge in [0.05, 0.1) is 6.54 Å². The average Bonchev–Trinajstić information content (AvgIpc) is 2.36. The van der Waals surface area contributed by atoms with Crippen molar-refractivity contribution >= 4 is 5.97 Å². The normalized spacial score (nSPS) is 14.8. The van der Waals surface area contributed by atoms with Crippen LogP contribution in [-0.4, -0.2) is 23.8 Å². The number of aliphatic carboxylic acids is 1. The van der Waals surface area contributed by atoms with E-state index in [1.165, 1.54) is 6.92 Å². The maximum Gasteiger partial charge on any atom is 0.401 e. The van der Waals surface area contributed by atoms with E-state index < -0.39 is 24.2 Å². The molecular weight excluding hydrogens is 271 g/mol. The molecule has 1 aromatic rings. The molecule has 6 heteroatoms. The molecule has 0 bridgehead atoms. The molecule has 0 aliphatic heterocycles. The van der Waals surface area contributed by atoms with Gasteiger partial charge in [-0.05, 0) is 24.5 Å². The summed E-state index contributed by atoms with van der Waals surface area (Å²) < 4.78 is 36.8. The zero-order chi connectivity index (χ0) is 15.4. The summed E-state index contributed by atoms with van der Waals surface area (Å²) in [7, 11) is 0. The smallest absolute Gasteiger partial charge is 0.401 e. The summed E-state index contributed by atoms with van der Waals surface area (Å²) in [5.41, 5.74) is -0.436. The Kier molecular flexibility index (Phi) is 5.16. The SMILES string of the molecule is CCCc1ccc(C(C)(NCC(F)(F)F)C(=O)O)cc1. The summed E-state index contributed by atoms with van der Waals surface area (Å²) in [6.45, 7) is 1.89. The van der Waals surface area contributed by atoms with E-state index in [-0.39, 0.29) is 0 Å². The Labute approximate surface area is 115 Å². The summed E-state index contributed by atoms with van der Waals surface area (Å²) in [6, 6.07) is 6.61. The fourth-order valence-electron chi connectivity index (χ4n) is 1.87. The Balaban J connectivity index is 2.97. The molecule has 3 nitrogen and oxygen atoms in total. The van der Waals surface area contributed by atoms with E-state index >= 15 is 0 Å². The van der Waals surface area contributed by atoms with Gasteiger partial charge >= 0.3 is 12.1 Å². The van der Waals surface area contributed by atoms with Gasteiger partial charge in [-0.3, -0.25) is 5.32 Å². The molecule has 0 heterocycles. The average molecular weight is 289 g/mol. The lowest BCUT2D eigenvalue weighted by molar-refractivity contribution is -0.150. The third-order valence-electron chi connectivity index (χ3n) is 3.14. The molecule has 1 unspecified atom stereocenters. The van der Waals surface area contributed by atoms with Crippen molar-refractivity contribution in [2.75, 3.05) is 6.54 Å². The molecule has 20 heavy (non-hydrogen) atoms. The zero-order valence-corrected chi connectivity index (χ0v) is 11.4. The van der Waals surface area contributed by atoms with Gasteiger partial charge in [0.15, 0.2) is 0 Å². The van der Waals surface area contributed by atoms with E-state index in [1.54, 1.807) is 24.3 Å². The Morgan fingerprint density at radius 3 is 2.20 bits per heavy atom. The van der Waals surface area contributed by atoms with Crippen molar-refractivity contribution in [2.24, 2.45) is 0 Å². The quantitative estimate of drug-likeness (QED) is 0.846. The van der Waals surface area contributed by atoms with Crippen molar-refractivity contribution in [3.05, 3.63) is 35.4 Å². The predicted molar refractivity (Wildman–Crippen MR) is 69.5 cm³/mol. The van der Waals surface area contributed by atoms with Crippen LogP contribution in [0.15, 0.2) is 24.3 Å². The second-order valence-corrected chi connectivity index (χ2v) is 4.85. The molecule has 0 amide bonds. The van der Waals surface area contributed by atoms with Gasteiger partial charge in [-0.25, -0.2) is 4.79 Å². The Morgan fingerprint density at radius 2 is 1.80 bits per heavy atom. The highest BCUT2D eigenvalue weighted by Crippen LogP contribution is 2.24. The molecule has 0 aliphatic carbocycles.